The van der Waals surface area contributed by atoms with Crippen LogP contribution in [0.2, 0.25) is 10.0 Å². The predicted octanol–water partition coefficient (Wildman–Crippen LogP) is 3.83. The van der Waals surface area contributed by atoms with E-state index in [1.807, 2.05) is 44.3 Å². The first kappa shape index (κ1) is 16.2. The second-order valence-corrected chi connectivity index (χ2v) is 6.01. The van der Waals surface area contributed by atoms with Gasteiger partial charge in [-0.15, -0.1) is 0 Å². The Bertz CT molecular complexity index is 596. The van der Waals surface area contributed by atoms with Crippen LogP contribution >= 0.6 is 23.2 Å². The number of pyridine rings is 1. The van der Waals surface area contributed by atoms with Crippen LogP contribution in [0.4, 0.5) is 0 Å². The molecule has 3 nitrogen and oxygen atoms in total. The molecule has 2 rings (SSSR count). The third kappa shape index (κ3) is 4.42. The summed E-state index contributed by atoms with van der Waals surface area (Å²) >= 11 is 12.2. The number of benzene rings is 1. The minimum absolute atomic E-state index is 0.0449. The zero-order valence-electron chi connectivity index (χ0n) is 12.2. The van der Waals surface area contributed by atoms with Crippen molar-refractivity contribution >= 4 is 23.2 Å². The van der Waals surface area contributed by atoms with Crippen LogP contribution in [-0.2, 0) is 6.54 Å². The van der Waals surface area contributed by atoms with Crippen molar-refractivity contribution in [2.24, 2.45) is 5.73 Å². The summed E-state index contributed by atoms with van der Waals surface area (Å²) in [6, 6.07) is 11.6. The van der Waals surface area contributed by atoms with E-state index in [2.05, 4.69) is 9.88 Å². The summed E-state index contributed by atoms with van der Waals surface area (Å²) in [5, 5.41) is 1.25. The Morgan fingerprint density at radius 1 is 1.19 bits per heavy atom. The Kier molecular flexibility index (Phi) is 5.59. The molecule has 1 aromatic heterocycles. The number of aryl methyl sites for hydroxylation is 1. The Morgan fingerprint density at radius 2 is 1.86 bits per heavy atom. The fourth-order valence-electron chi connectivity index (χ4n) is 2.39. The Hall–Kier alpha value is -1.13. The molecule has 0 aliphatic rings. The lowest BCUT2D eigenvalue weighted by atomic mass is 10.1. The van der Waals surface area contributed by atoms with Gasteiger partial charge in [-0.3, -0.25) is 9.88 Å². The third-order valence-electron chi connectivity index (χ3n) is 3.38. The normalized spacial score (nSPS) is 12.7. The zero-order valence-corrected chi connectivity index (χ0v) is 13.7. The average Bonchev–Trinajstić information content (AvgIpc) is 2.38. The summed E-state index contributed by atoms with van der Waals surface area (Å²) < 4.78 is 0. The molecule has 112 valence electrons. The van der Waals surface area contributed by atoms with Gasteiger partial charge in [-0.25, -0.2) is 0 Å². The fraction of sp³-hybridized carbons (Fsp3) is 0.312. The monoisotopic (exact) mass is 323 g/mol. The second kappa shape index (κ2) is 7.23. The molecule has 2 N–H and O–H groups in total. The first-order chi connectivity index (χ1) is 9.99. The van der Waals surface area contributed by atoms with Gasteiger partial charge in [0.15, 0.2) is 0 Å². The van der Waals surface area contributed by atoms with E-state index in [4.69, 9.17) is 28.9 Å². The maximum atomic E-state index is 6.08. The first-order valence-corrected chi connectivity index (χ1v) is 7.54. The summed E-state index contributed by atoms with van der Waals surface area (Å²) in [5.74, 6) is 0. The highest BCUT2D eigenvalue weighted by Crippen LogP contribution is 2.26. The molecule has 0 spiro atoms. The van der Waals surface area contributed by atoms with Crippen molar-refractivity contribution in [1.29, 1.82) is 0 Å². The van der Waals surface area contributed by atoms with Gasteiger partial charge in [-0.05, 0) is 49.9 Å². The first-order valence-electron chi connectivity index (χ1n) is 6.78. The van der Waals surface area contributed by atoms with Crippen LogP contribution < -0.4 is 5.73 Å². The molecule has 1 heterocycles. The van der Waals surface area contributed by atoms with E-state index in [0.717, 1.165) is 17.0 Å². The largest absolute Gasteiger partial charge is 0.329 e. The second-order valence-electron chi connectivity index (χ2n) is 5.14. The molecule has 1 atom stereocenters. The SMILES string of the molecule is Cc1cccc(CN(C)C(CN)c2cc(Cl)cc(Cl)c2)n1. The Morgan fingerprint density at radius 3 is 2.43 bits per heavy atom. The summed E-state index contributed by atoms with van der Waals surface area (Å²) in [6.07, 6.45) is 0. The molecule has 0 bridgehead atoms. The van der Waals surface area contributed by atoms with Crippen LogP contribution in [0.1, 0.15) is 23.0 Å². The summed E-state index contributed by atoms with van der Waals surface area (Å²) in [7, 11) is 2.02. The van der Waals surface area contributed by atoms with Crippen molar-refractivity contribution in [3.05, 3.63) is 63.4 Å². The van der Waals surface area contributed by atoms with Gasteiger partial charge in [0.25, 0.3) is 0 Å². The highest BCUT2D eigenvalue weighted by Gasteiger charge is 2.17. The number of aromatic nitrogens is 1. The van der Waals surface area contributed by atoms with Gasteiger partial charge in [0, 0.05) is 34.9 Å². The van der Waals surface area contributed by atoms with E-state index < -0.39 is 0 Å². The molecule has 5 heteroatoms. The molecule has 1 aromatic carbocycles. The smallest absolute Gasteiger partial charge is 0.0547 e. The van der Waals surface area contributed by atoms with Gasteiger partial charge in [0.1, 0.15) is 0 Å². The van der Waals surface area contributed by atoms with E-state index in [0.29, 0.717) is 23.1 Å². The molecule has 0 radical (unpaired) electrons. The average molecular weight is 324 g/mol. The lowest BCUT2D eigenvalue weighted by Crippen LogP contribution is -2.30. The number of halogens is 2. The van der Waals surface area contributed by atoms with Crippen molar-refractivity contribution < 1.29 is 0 Å². The van der Waals surface area contributed by atoms with Crippen LogP contribution in [0, 0.1) is 6.92 Å². The number of nitrogens with zero attached hydrogens (tertiary/aromatic N) is 2. The van der Waals surface area contributed by atoms with Crippen LogP contribution in [-0.4, -0.2) is 23.5 Å². The van der Waals surface area contributed by atoms with E-state index in [1.165, 1.54) is 0 Å². The number of hydrogen-bond donors (Lipinski definition) is 1. The molecule has 2 aromatic rings. The highest BCUT2D eigenvalue weighted by atomic mass is 35.5. The minimum Gasteiger partial charge on any atom is -0.329 e. The summed E-state index contributed by atoms with van der Waals surface area (Å²) in [4.78, 5) is 6.68. The van der Waals surface area contributed by atoms with Gasteiger partial charge in [0.2, 0.25) is 0 Å². The molecule has 0 amide bonds. The Balaban J connectivity index is 2.20. The van der Waals surface area contributed by atoms with Gasteiger partial charge in [-0.2, -0.15) is 0 Å². The topological polar surface area (TPSA) is 42.1 Å². The van der Waals surface area contributed by atoms with Crippen LogP contribution in [0.15, 0.2) is 36.4 Å². The lowest BCUT2D eigenvalue weighted by molar-refractivity contribution is 0.239. The minimum atomic E-state index is 0.0449. The third-order valence-corrected chi connectivity index (χ3v) is 3.82. The number of likely N-dealkylation sites (N-methyl/N-ethyl adjacent to an activating group) is 1. The molecule has 21 heavy (non-hydrogen) atoms. The molecule has 1 unspecified atom stereocenters. The molecular weight excluding hydrogens is 305 g/mol. The van der Waals surface area contributed by atoms with Crippen molar-refractivity contribution in [2.75, 3.05) is 13.6 Å². The number of hydrogen-bond acceptors (Lipinski definition) is 3. The van der Waals surface area contributed by atoms with Crippen LogP contribution in [0.25, 0.3) is 0 Å². The van der Waals surface area contributed by atoms with Gasteiger partial charge in [-0.1, -0.05) is 29.3 Å². The fourth-order valence-corrected chi connectivity index (χ4v) is 2.93. The lowest BCUT2D eigenvalue weighted by Gasteiger charge is -2.27. The van der Waals surface area contributed by atoms with Crippen molar-refractivity contribution in [3.8, 4) is 0 Å². The number of rotatable bonds is 5. The maximum absolute atomic E-state index is 6.08. The van der Waals surface area contributed by atoms with Gasteiger partial charge >= 0.3 is 0 Å². The summed E-state index contributed by atoms with van der Waals surface area (Å²) in [5.41, 5.74) is 8.99. The highest BCUT2D eigenvalue weighted by molar-refractivity contribution is 6.34. The molecule has 0 saturated heterocycles. The molecule has 0 saturated carbocycles. The maximum Gasteiger partial charge on any atom is 0.0547 e. The van der Waals surface area contributed by atoms with E-state index in [-0.39, 0.29) is 6.04 Å². The van der Waals surface area contributed by atoms with Crippen molar-refractivity contribution in [1.82, 2.24) is 9.88 Å². The Labute approximate surface area is 135 Å². The molecule has 0 aliphatic carbocycles. The van der Waals surface area contributed by atoms with Gasteiger partial charge < -0.3 is 5.73 Å². The van der Waals surface area contributed by atoms with Crippen LogP contribution in [0.3, 0.4) is 0 Å². The van der Waals surface area contributed by atoms with Crippen molar-refractivity contribution in [2.45, 2.75) is 19.5 Å². The quantitative estimate of drug-likeness (QED) is 0.909. The standard InChI is InChI=1S/C16H19Cl2N3/c1-11-4-3-5-15(20-11)10-21(2)16(9-19)12-6-13(17)8-14(18)7-12/h3-8,16H,9-10,19H2,1-2H3. The predicted molar refractivity (Wildman–Crippen MR) is 88.7 cm³/mol. The van der Waals surface area contributed by atoms with Crippen molar-refractivity contribution in [3.63, 3.8) is 0 Å². The van der Waals surface area contributed by atoms with E-state index in [1.54, 1.807) is 6.07 Å². The molecule has 0 aliphatic heterocycles. The molecule has 0 fully saturated rings. The number of nitrogens with two attached hydrogens (primary N) is 1. The molecular formula is C16H19Cl2N3. The van der Waals surface area contributed by atoms with Crippen LogP contribution in [0.5, 0.6) is 0 Å². The zero-order chi connectivity index (χ0) is 15.4. The van der Waals surface area contributed by atoms with Gasteiger partial charge in [0.05, 0.1) is 5.69 Å². The summed E-state index contributed by atoms with van der Waals surface area (Å²) in [6.45, 7) is 3.19. The van der Waals surface area contributed by atoms with E-state index in [9.17, 15) is 0 Å². The van der Waals surface area contributed by atoms with E-state index >= 15 is 0 Å².